The van der Waals surface area contributed by atoms with E-state index in [1.165, 1.54) is 5.56 Å². The minimum Gasteiger partial charge on any atom is -0.351 e. The largest absolute Gasteiger partial charge is 0.351 e. The van der Waals surface area contributed by atoms with Crippen LogP contribution >= 0.6 is 0 Å². The molecule has 4 heteroatoms. The Morgan fingerprint density at radius 3 is 2.45 bits per heavy atom. The number of nitrogens with one attached hydrogen (secondary N) is 1. The van der Waals surface area contributed by atoms with Crippen LogP contribution in [0.5, 0.6) is 0 Å². The monoisotopic (exact) mass is 277 g/mol. The molecule has 1 aromatic carbocycles. The van der Waals surface area contributed by atoms with Crippen LogP contribution in [0.15, 0.2) is 24.3 Å². The van der Waals surface area contributed by atoms with Gasteiger partial charge in [-0.05, 0) is 31.1 Å². The maximum atomic E-state index is 12.0. The SMILES string of the molecule is CCC(C)C(N)C(=O)NCc1ccccc1CN(C)C. The molecule has 0 fully saturated rings. The number of carbonyl (C=O) groups is 1. The van der Waals surface area contributed by atoms with Gasteiger partial charge >= 0.3 is 0 Å². The van der Waals surface area contributed by atoms with E-state index in [-0.39, 0.29) is 11.8 Å². The van der Waals surface area contributed by atoms with Crippen LogP contribution in [0.4, 0.5) is 0 Å². The first-order valence-corrected chi connectivity index (χ1v) is 7.20. The fourth-order valence-electron chi connectivity index (χ4n) is 2.04. The first-order valence-electron chi connectivity index (χ1n) is 7.20. The van der Waals surface area contributed by atoms with Crippen molar-refractivity contribution in [2.45, 2.75) is 39.4 Å². The second kappa shape index (κ2) is 8.02. The van der Waals surface area contributed by atoms with Crippen molar-refractivity contribution >= 4 is 5.91 Å². The lowest BCUT2D eigenvalue weighted by atomic mass is 9.99. The predicted octanol–water partition coefficient (Wildman–Crippen LogP) is 1.74. The van der Waals surface area contributed by atoms with Gasteiger partial charge in [0.15, 0.2) is 0 Å². The van der Waals surface area contributed by atoms with Gasteiger partial charge in [-0.3, -0.25) is 4.79 Å². The zero-order valence-electron chi connectivity index (χ0n) is 13.0. The molecule has 4 nitrogen and oxygen atoms in total. The lowest BCUT2D eigenvalue weighted by Crippen LogP contribution is -2.44. The van der Waals surface area contributed by atoms with Crippen molar-refractivity contribution in [1.82, 2.24) is 10.2 Å². The Hall–Kier alpha value is -1.39. The van der Waals surface area contributed by atoms with E-state index in [4.69, 9.17) is 5.73 Å². The maximum Gasteiger partial charge on any atom is 0.237 e. The van der Waals surface area contributed by atoms with Crippen LogP contribution in [0.2, 0.25) is 0 Å². The van der Waals surface area contributed by atoms with Crippen LogP contribution in [0.25, 0.3) is 0 Å². The van der Waals surface area contributed by atoms with Gasteiger partial charge in [0.2, 0.25) is 5.91 Å². The average molecular weight is 277 g/mol. The Balaban J connectivity index is 2.63. The van der Waals surface area contributed by atoms with Crippen LogP contribution in [0.1, 0.15) is 31.4 Å². The van der Waals surface area contributed by atoms with Crippen LogP contribution in [-0.2, 0) is 17.9 Å². The highest BCUT2D eigenvalue weighted by Crippen LogP contribution is 2.11. The maximum absolute atomic E-state index is 12.0. The quantitative estimate of drug-likeness (QED) is 0.798. The molecule has 3 N–H and O–H groups in total. The van der Waals surface area contributed by atoms with Crippen LogP contribution < -0.4 is 11.1 Å². The molecule has 0 bridgehead atoms. The summed E-state index contributed by atoms with van der Waals surface area (Å²) in [5, 5.41) is 2.95. The Kier molecular flexibility index (Phi) is 6.68. The highest BCUT2D eigenvalue weighted by Gasteiger charge is 2.19. The summed E-state index contributed by atoms with van der Waals surface area (Å²) in [5.74, 6) is 0.131. The van der Waals surface area contributed by atoms with Crippen molar-refractivity contribution in [3.8, 4) is 0 Å². The molecule has 0 aromatic heterocycles. The number of rotatable bonds is 7. The highest BCUT2D eigenvalue weighted by molar-refractivity contribution is 5.81. The summed E-state index contributed by atoms with van der Waals surface area (Å²) in [4.78, 5) is 14.1. The van der Waals surface area contributed by atoms with E-state index in [1.807, 2.05) is 46.1 Å². The van der Waals surface area contributed by atoms with E-state index in [2.05, 4.69) is 16.3 Å². The summed E-state index contributed by atoms with van der Waals surface area (Å²) in [7, 11) is 4.07. The molecule has 1 aromatic rings. The number of hydrogen-bond donors (Lipinski definition) is 2. The Labute approximate surface area is 122 Å². The van der Waals surface area contributed by atoms with Gasteiger partial charge in [0.25, 0.3) is 0 Å². The molecule has 0 aliphatic heterocycles. The summed E-state index contributed by atoms with van der Waals surface area (Å²) >= 11 is 0. The molecule has 20 heavy (non-hydrogen) atoms. The third-order valence-corrected chi connectivity index (χ3v) is 3.62. The van der Waals surface area contributed by atoms with Crippen molar-refractivity contribution in [3.63, 3.8) is 0 Å². The molecule has 0 spiro atoms. The fourth-order valence-corrected chi connectivity index (χ4v) is 2.04. The lowest BCUT2D eigenvalue weighted by molar-refractivity contribution is -0.123. The number of carbonyl (C=O) groups excluding carboxylic acids is 1. The van der Waals surface area contributed by atoms with E-state index in [0.717, 1.165) is 18.5 Å². The molecule has 0 saturated carbocycles. The van der Waals surface area contributed by atoms with E-state index in [9.17, 15) is 4.79 Å². The van der Waals surface area contributed by atoms with Crippen molar-refractivity contribution in [1.29, 1.82) is 0 Å². The third-order valence-electron chi connectivity index (χ3n) is 3.62. The number of nitrogens with zero attached hydrogens (tertiary/aromatic N) is 1. The third kappa shape index (κ3) is 4.94. The van der Waals surface area contributed by atoms with Gasteiger partial charge in [-0.1, -0.05) is 44.5 Å². The second-order valence-electron chi connectivity index (χ2n) is 5.64. The van der Waals surface area contributed by atoms with Gasteiger partial charge in [0, 0.05) is 13.1 Å². The summed E-state index contributed by atoms with van der Waals surface area (Å²) in [6.07, 6.45) is 0.909. The van der Waals surface area contributed by atoms with E-state index < -0.39 is 6.04 Å². The molecule has 2 unspecified atom stereocenters. The summed E-state index contributed by atoms with van der Waals surface area (Å²) < 4.78 is 0. The first kappa shape index (κ1) is 16.7. The smallest absolute Gasteiger partial charge is 0.237 e. The van der Waals surface area contributed by atoms with Gasteiger partial charge in [-0.15, -0.1) is 0 Å². The van der Waals surface area contributed by atoms with E-state index in [0.29, 0.717) is 6.54 Å². The Morgan fingerprint density at radius 1 is 1.30 bits per heavy atom. The van der Waals surface area contributed by atoms with Gasteiger partial charge < -0.3 is 16.0 Å². The number of benzene rings is 1. The zero-order valence-corrected chi connectivity index (χ0v) is 13.0. The number of nitrogens with two attached hydrogens (primary N) is 1. The van der Waals surface area contributed by atoms with Crippen molar-refractivity contribution in [2.75, 3.05) is 14.1 Å². The summed E-state index contributed by atoms with van der Waals surface area (Å²) in [6, 6.07) is 7.73. The van der Waals surface area contributed by atoms with Crippen molar-refractivity contribution in [3.05, 3.63) is 35.4 Å². The molecule has 0 radical (unpaired) electrons. The van der Waals surface area contributed by atoms with Crippen LogP contribution in [0.3, 0.4) is 0 Å². The zero-order chi connectivity index (χ0) is 15.1. The lowest BCUT2D eigenvalue weighted by Gasteiger charge is -2.19. The summed E-state index contributed by atoms with van der Waals surface area (Å²) in [5.41, 5.74) is 8.31. The average Bonchev–Trinajstić information content (AvgIpc) is 2.43. The van der Waals surface area contributed by atoms with Crippen molar-refractivity contribution in [2.24, 2.45) is 11.7 Å². The standard InChI is InChI=1S/C16H27N3O/c1-5-12(2)15(17)16(20)18-10-13-8-6-7-9-14(13)11-19(3)4/h6-9,12,15H,5,10-11,17H2,1-4H3,(H,18,20). The predicted molar refractivity (Wildman–Crippen MR) is 83.1 cm³/mol. The molecule has 0 aliphatic carbocycles. The Bertz CT molecular complexity index is 431. The first-order chi connectivity index (χ1) is 9.45. The molecule has 0 heterocycles. The van der Waals surface area contributed by atoms with Gasteiger partial charge in [0.05, 0.1) is 6.04 Å². The minimum atomic E-state index is -0.430. The molecule has 1 rings (SSSR count). The van der Waals surface area contributed by atoms with Crippen LogP contribution in [0, 0.1) is 5.92 Å². The number of hydrogen-bond acceptors (Lipinski definition) is 3. The van der Waals surface area contributed by atoms with Crippen LogP contribution in [-0.4, -0.2) is 30.9 Å². The topological polar surface area (TPSA) is 58.4 Å². The minimum absolute atomic E-state index is 0.0704. The second-order valence-corrected chi connectivity index (χ2v) is 5.64. The molecule has 1 amide bonds. The van der Waals surface area contributed by atoms with Gasteiger partial charge in [-0.2, -0.15) is 0 Å². The molecular weight excluding hydrogens is 250 g/mol. The van der Waals surface area contributed by atoms with Crippen molar-refractivity contribution < 1.29 is 4.79 Å². The molecule has 0 aliphatic rings. The Morgan fingerprint density at radius 2 is 1.90 bits per heavy atom. The molecular formula is C16H27N3O. The molecule has 112 valence electrons. The normalized spacial score (nSPS) is 14.1. The molecule has 0 saturated heterocycles. The molecule has 2 atom stereocenters. The number of amides is 1. The highest BCUT2D eigenvalue weighted by atomic mass is 16.2. The van der Waals surface area contributed by atoms with Gasteiger partial charge in [-0.25, -0.2) is 0 Å². The van der Waals surface area contributed by atoms with E-state index >= 15 is 0 Å². The van der Waals surface area contributed by atoms with E-state index in [1.54, 1.807) is 0 Å². The fraction of sp³-hybridized carbons (Fsp3) is 0.562. The van der Waals surface area contributed by atoms with Gasteiger partial charge in [0.1, 0.15) is 0 Å². The summed E-state index contributed by atoms with van der Waals surface area (Å²) in [6.45, 7) is 5.45.